The van der Waals surface area contributed by atoms with Crippen LogP contribution in [0.25, 0.3) is 0 Å². The van der Waals surface area contributed by atoms with Crippen LogP contribution in [0.5, 0.6) is 0 Å². The van der Waals surface area contributed by atoms with Crippen molar-refractivity contribution in [1.82, 2.24) is 20.4 Å². The molecule has 124 valence electrons. The van der Waals surface area contributed by atoms with Crippen LogP contribution in [0, 0.1) is 6.92 Å². The van der Waals surface area contributed by atoms with E-state index >= 15 is 0 Å². The summed E-state index contributed by atoms with van der Waals surface area (Å²) >= 11 is 4.41. The molecule has 0 spiro atoms. The van der Waals surface area contributed by atoms with E-state index < -0.39 is 0 Å². The van der Waals surface area contributed by atoms with E-state index in [1.54, 1.807) is 16.2 Å². The van der Waals surface area contributed by atoms with Crippen molar-refractivity contribution < 1.29 is 9.59 Å². The van der Waals surface area contributed by atoms with Gasteiger partial charge in [0, 0.05) is 11.4 Å². The third kappa shape index (κ3) is 5.92. The van der Waals surface area contributed by atoms with Crippen LogP contribution in [0.2, 0.25) is 0 Å². The number of aromatic nitrogens is 2. The molecule has 0 aliphatic rings. The lowest BCUT2D eigenvalue weighted by Crippen LogP contribution is -2.41. The first-order valence-corrected chi connectivity index (χ1v) is 9.76. The van der Waals surface area contributed by atoms with Gasteiger partial charge in [-0.15, -0.1) is 21.5 Å². The molecule has 6 nitrogen and oxygen atoms in total. The number of thioether (sulfide) groups is 1. The molecule has 0 bridgehead atoms. The maximum atomic E-state index is 12.2. The Balaban J connectivity index is 1.76. The largest absolute Gasteiger partial charge is 0.350 e. The van der Waals surface area contributed by atoms with Crippen LogP contribution in [0.1, 0.15) is 16.8 Å². The lowest BCUT2D eigenvalue weighted by molar-refractivity contribution is -0.133. The number of amides is 2. The zero-order valence-electron chi connectivity index (χ0n) is 12.9. The SMILES string of the molecule is CCN(CC(=O)NCc1cccs1)C(=O)CSc1nnc(C)s1. The first-order chi connectivity index (χ1) is 11.1. The Morgan fingerprint density at radius 1 is 1.39 bits per heavy atom. The minimum absolute atomic E-state index is 0.0726. The second-order valence-electron chi connectivity index (χ2n) is 4.64. The Hall–Kier alpha value is -1.45. The normalized spacial score (nSPS) is 10.5. The van der Waals surface area contributed by atoms with Crippen molar-refractivity contribution in [3.63, 3.8) is 0 Å². The quantitative estimate of drug-likeness (QED) is 0.721. The number of aryl methyl sites for hydroxylation is 1. The zero-order chi connectivity index (χ0) is 16.7. The molecule has 0 radical (unpaired) electrons. The second-order valence-corrected chi connectivity index (χ2v) is 8.08. The predicted octanol–water partition coefficient (Wildman–Crippen LogP) is 2.17. The standard InChI is InChI=1S/C14H18N4O2S3/c1-3-18(8-12(19)15-7-11-5-4-6-21-11)13(20)9-22-14-17-16-10(2)23-14/h4-6H,3,7-9H2,1-2H3,(H,15,19). The van der Waals surface area contributed by atoms with Crippen LogP contribution in [0.15, 0.2) is 21.9 Å². The van der Waals surface area contributed by atoms with Gasteiger partial charge in [-0.1, -0.05) is 29.2 Å². The minimum atomic E-state index is -0.148. The zero-order valence-corrected chi connectivity index (χ0v) is 15.4. The van der Waals surface area contributed by atoms with Crippen LogP contribution in [0.3, 0.4) is 0 Å². The van der Waals surface area contributed by atoms with Gasteiger partial charge in [-0.3, -0.25) is 9.59 Å². The number of hydrogen-bond donors (Lipinski definition) is 1. The molecular formula is C14H18N4O2S3. The van der Waals surface area contributed by atoms with Gasteiger partial charge >= 0.3 is 0 Å². The summed E-state index contributed by atoms with van der Waals surface area (Å²) < 4.78 is 0.772. The number of rotatable bonds is 8. The van der Waals surface area contributed by atoms with E-state index in [9.17, 15) is 9.59 Å². The fourth-order valence-electron chi connectivity index (χ4n) is 1.76. The molecule has 0 unspecified atom stereocenters. The number of carbonyl (C=O) groups is 2. The van der Waals surface area contributed by atoms with Crippen LogP contribution in [-0.4, -0.2) is 45.8 Å². The van der Waals surface area contributed by atoms with Gasteiger partial charge in [0.25, 0.3) is 0 Å². The van der Waals surface area contributed by atoms with Crippen molar-refractivity contribution in [2.75, 3.05) is 18.8 Å². The highest BCUT2D eigenvalue weighted by atomic mass is 32.2. The number of nitrogens with one attached hydrogen (secondary N) is 1. The van der Waals surface area contributed by atoms with Gasteiger partial charge < -0.3 is 10.2 Å². The third-order valence-electron chi connectivity index (χ3n) is 2.94. The number of thiophene rings is 1. The van der Waals surface area contributed by atoms with E-state index in [-0.39, 0.29) is 24.1 Å². The monoisotopic (exact) mass is 370 g/mol. The summed E-state index contributed by atoms with van der Waals surface area (Å²) in [5.74, 6) is 0.0442. The Morgan fingerprint density at radius 2 is 2.22 bits per heavy atom. The van der Waals surface area contributed by atoms with Crippen LogP contribution < -0.4 is 5.32 Å². The van der Waals surface area contributed by atoms with E-state index in [1.807, 2.05) is 31.4 Å². The topological polar surface area (TPSA) is 75.2 Å². The smallest absolute Gasteiger partial charge is 0.239 e. The molecule has 0 atom stereocenters. The van der Waals surface area contributed by atoms with Crippen molar-refractivity contribution in [2.45, 2.75) is 24.7 Å². The van der Waals surface area contributed by atoms with Gasteiger partial charge in [-0.05, 0) is 25.3 Å². The first kappa shape index (κ1) is 17.9. The summed E-state index contributed by atoms with van der Waals surface area (Å²) in [7, 11) is 0. The number of likely N-dealkylation sites (N-methyl/N-ethyl adjacent to an activating group) is 1. The molecule has 23 heavy (non-hydrogen) atoms. The summed E-state index contributed by atoms with van der Waals surface area (Å²) in [5, 5.41) is 13.6. The van der Waals surface area contributed by atoms with Gasteiger partial charge in [0.2, 0.25) is 11.8 Å². The second kappa shape index (κ2) is 8.99. The maximum Gasteiger partial charge on any atom is 0.239 e. The van der Waals surface area contributed by atoms with Gasteiger partial charge in [0.1, 0.15) is 5.01 Å². The van der Waals surface area contributed by atoms with E-state index in [0.717, 1.165) is 14.2 Å². The summed E-state index contributed by atoms with van der Waals surface area (Å²) in [6.07, 6.45) is 0. The summed E-state index contributed by atoms with van der Waals surface area (Å²) in [5.41, 5.74) is 0. The van der Waals surface area contributed by atoms with Crippen molar-refractivity contribution in [3.8, 4) is 0 Å². The summed E-state index contributed by atoms with van der Waals surface area (Å²) in [6, 6.07) is 3.91. The molecule has 1 N–H and O–H groups in total. The van der Waals surface area contributed by atoms with Crippen LogP contribution in [-0.2, 0) is 16.1 Å². The molecular weight excluding hydrogens is 352 g/mol. The highest BCUT2D eigenvalue weighted by Crippen LogP contribution is 2.21. The molecule has 2 heterocycles. The Bertz CT molecular complexity index is 642. The summed E-state index contributed by atoms with van der Waals surface area (Å²) in [6.45, 7) is 4.82. The van der Waals surface area contributed by atoms with Crippen molar-refractivity contribution >= 4 is 46.2 Å². The van der Waals surface area contributed by atoms with Crippen molar-refractivity contribution in [3.05, 3.63) is 27.4 Å². The van der Waals surface area contributed by atoms with E-state index in [1.165, 1.54) is 23.1 Å². The Morgan fingerprint density at radius 3 is 2.83 bits per heavy atom. The van der Waals surface area contributed by atoms with E-state index in [2.05, 4.69) is 15.5 Å². The molecule has 2 amide bonds. The molecule has 0 aromatic carbocycles. The van der Waals surface area contributed by atoms with Crippen molar-refractivity contribution in [2.24, 2.45) is 0 Å². The maximum absolute atomic E-state index is 12.2. The third-order valence-corrected chi connectivity index (χ3v) is 5.77. The molecule has 0 aliphatic carbocycles. The van der Waals surface area contributed by atoms with E-state index in [0.29, 0.717) is 13.1 Å². The van der Waals surface area contributed by atoms with Gasteiger partial charge in [0.05, 0.1) is 18.8 Å². The fourth-order valence-corrected chi connectivity index (χ4v) is 4.12. The van der Waals surface area contributed by atoms with Gasteiger partial charge in [-0.2, -0.15) is 0 Å². The average Bonchev–Trinajstić information content (AvgIpc) is 3.19. The number of carbonyl (C=O) groups excluding carboxylic acids is 2. The highest BCUT2D eigenvalue weighted by Gasteiger charge is 2.16. The molecule has 9 heteroatoms. The lowest BCUT2D eigenvalue weighted by atomic mass is 10.4. The Labute approximate surface area is 147 Å². The predicted molar refractivity (Wildman–Crippen MR) is 93.8 cm³/mol. The van der Waals surface area contributed by atoms with Crippen LogP contribution >= 0.6 is 34.4 Å². The lowest BCUT2D eigenvalue weighted by Gasteiger charge is -2.19. The Kier molecular flexibility index (Phi) is 7.00. The molecule has 2 rings (SSSR count). The van der Waals surface area contributed by atoms with Gasteiger partial charge in [-0.25, -0.2) is 0 Å². The van der Waals surface area contributed by atoms with Gasteiger partial charge in [0.15, 0.2) is 4.34 Å². The molecule has 0 fully saturated rings. The molecule has 2 aromatic rings. The molecule has 0 saturated carbocycles. The highest BCUT2D eigenvalue weighted by molar-refractivity contribution is 8.01. The van der Waals surface area contributed by atoms with Crippen LogP contribution in [0.4, 0.5) is 0 Å². The molecule has 0 aliphatic heterocycles. The van der Waals surface area contributed by atoms with E-state index in [4.69, 9.17) is 0 Å². The van der Waals surface area contributed by atoms with Crippen molar-refractivity contribution in [1.29, 1.82) is 0 Å². The first-order valence-electron chi connectivity index (χ1n) is 7.08. The fraction of sp³-hybridized carbons (Fsp3) is 0.429. The average molecular weight is 371 g/mol. The number of hydrogen-bond acceptors (Lipinski definition) is 7. The molecule has 0 saturated heterocycles. The molecule has 2 aromatic heterocycles. The number of nitrogens with zero attached hydrogens (tertiary/aromatic N) is 3. The minimum Gasteiger partial charge on any atom is -0.350 e. The summed E-state index contributed by atoms with van der Waals surface area (Å²) in [4.78, 5) is 26.8.